The first-order chi connectivity index (χ1) is 13.3. The van der Waals surface area contributed by atoms with Crippen molar-refractivity contribution in [3.05, 3.63) is 64.2 Å². The number of carbonyl (C=O) groups excluding carboxylic acids is 1. The highest BCUT2D eigenvalue weighted by Gasteiger charge is 2.39. The van der Waals surface area contributed by atoms with Crippen LogP contribution in [0.2, 0.25) is 0 Å². The number of aryl methyl sites for hydroxylation is 2. The number of ketones is 1. The highest BCUT2D eigenvalue weighted by Crippen LogP contribution is 2.27. The maximum atomic E-state index is 12.9. The first-order valence-electron chi connectivity index (χ1n) is 8.80. The van der Waals surface area contributed by atoms with Gasteiger partial charge in [-0.15, -0.1) is 0 Å². The van der Waals surface area contributed by atoms with Crippen molar-refractivity contribution in [3.8, 4) is 11.8 Å². The number of benzene rings is 2. The van der Waals surface area contributed by atoms with Crippen LogP contribution in [0.25, 0.3) is 0 Å². The van der Waals surface area contributed by atoms with Crippen molar-refractivity contribution in [3.63, 3.8) is 0 Å². The number of hydrogen-bond donors (Lipinski definition) is 3. The van der Waals surface area contributed by atoms with E-state index >= 15 is 0 Å². The van der Waals surface area contributed by atoms with Gasteiger partial charge in [-0.05, 0) is 61.4 Å². The Kier molecular flexibility index (Phi) is 5.77. The molecule has 1 saturated heterocycles. The lowest BCUT2D eigenvalue weighted by Gasteiger charge is -2.35. The molecule has 1 aliphatic rings. The SMILES string of the molecule is Cc1cc(O[C@H]2OC[C@@H](O)[C@@H](O)[C@@H]2O)cc(C)c1C(=O)c1ccc(C#N)cc1. The molecule has 0 amide bonds. The number of ether oxygens (including phenoxy) is 2. The van der Waals surface area contributed by atoms with Crippen LogP contribution in [0.3, 0.4) is 0 Å². The summed E-state index contributed by atoms with van der Waals surface area (Å²) < 4.78 is 10.9. The molecule has 0 aromatic heterocycles. The normalized spacial score (nSPS) is 24.4. The zero-order chi connectivity index (χ0) is 20.4. The maximum Gasteiger partial charge on any atom is 0.228 e. The monoisotopic (exact) mass is 383 g/mol. The average molecular weight is 383 g/mol. The van der Waals surface area contributed by atoms with E-state index < -0.39 is 24.6 Å². The zero-order valence-corrected chi connectivity index (χ0v) is 15.5. The molecule has 146 valence electrons. The molecule has 1 aliphatic heterocycles. The van der Waals surface area contributed by atoms with Gasteiger partial charge < -0.3 is 24.8 Å². The van der Waals surface area contributed by atoms with Crippen LogP contribution in [0.1, 0.15) is 32.6 Å². The number of nitriles is 1. The smallest absolute Gasteiger partial charge is 0.228 e. The Morgan fingerprint density at radius 3 is 2.29 bits per heavy atom. The fraction of sp³-hybridized carbons (Fsp3) is 0.333. The summed E-state index contributed by atoms with van der Waals surface area (Å²) in [6.45, 7) is 3.39. The van der Waals surface area contributed by atoms with Crippen molar-refractivity contribution in [2.75, 3.05) is 6.61 Å². The van der Waals surface area contributed by atoms with Gasteiger partial charge in [0.2, 0.25) is 6.29 Å². The molecular weight excluding hydrogens is 362 g/mol. The molecule has 1 heterocycles. The van der Waals surface area contributed by atoms with Crippen LogP contribution >= 0.6 is 0 Å². The van der Waals surface area contributed by atoms with Crippen molar-refractivity contribution < 1.29 is 29.6 Å². The minimum atomic E-state index is -1.40. The van der Waals surface area contributed by atoms with E-state index in [1.807, 2.05) is 6.07 Å². The molecule has 0 saturated carbocycles. The quantitative estimate of drug-likeness (QED) is 0.679. The number of carbonyl (C=O) groups is 1. The van der Waals surface area contributed by atoms with Crippen LogP contribution in [0.5, 0.6) is 5.75 Å². The lowest BCUT2D eigenvalue weighted by Crippen LogP contribution is -2.54. The predicted octanol–water partition coefficient (Wildman–Crippen LogP) is 1.22. The summed E-state index contributed by atoms with van der Waals surface area (Å²) in [5.41, 5.74) is 2.83. The van der Waals surface area contributed by atoms with Gasteiger partial charge >= 0.3 is 0 Å². The fourth-order valence-electron chi connectivity index (χ4n) is 3.21. The largest absolute Gasteiger partial charge is 0.462 e. The molecule has 0 radical (unpaired) electrons. The molecule has 2 aromatic carbocycles. The average Bonchev–Trinajstić information content (AvgIpc) is 2.68. The molecule has 0 aliphatic carbocycles. The molecule has 3 N–H and O–H groups in total. The molecule has 2 aromatic rings. The molecule has 4 atom stereocenters. The third-order valence-electron chi connectivity index (χ3n) is 4.72. The number of nitrogens with zero attached hydrogens (tertiary/aromatic N) is 1. The Hall–Kier alpha value is -2.76. The second-order valence-corrected chi connectivity index (χ2v) is 6.82. The van der Waals surface area contributed by atoms with Crippen molar-refractivity contribution in [2.45, 2.75) is 38.4 Å². The summed E-state index contributed by atoms with van der Waals surface area (Å²) in [7, 11) is 0. The lowest BCUT2D eigenvalue weighted by molar-refractivity contribution is -0.242. The fourth-order valence-corrected chi connectivity index (χ4v) is 3.21. The van der Waals surface area contributed by atoms with Crippen LogP contribution in [-0.4, -0.2) is 52.3 Å². The summed E-state index contributed by atoms with van der Waals surface area (Å²) in [4.78, 5) is 12.9. The second-order valence-electron chi connectivity index (χ2n) is 6.82. The van der Waals surface area contributed by atoms with Crippen molar-refractivity contribution >= 4 is 5.78 Å². The van der Waals surface area contributed by atoms with E-state index in [1.165, 1.54) is 0 Å². The highest BCUT2D eigenvalue weighted by atomic mass is 16.7. The molecule has 28 heavy (non-hydrogen) atoms. The van der Waals surface area contributed by atoms with Gasteiger partial charge in [0.15, 0.2) is 5.78 Å². The summed E-state index contributed by atoms with van der Waals surface area (Å²) in [6, 6.07) is 11.7. The van der Waals surface area contributed by atoms with Gasteiger partial charge in [0.1, 0.15) is 24.1 Å². The Labute approximate surface area is 162 Å². The van der Waals surface area contributed by atoms with Crippen molar-refractivity contribution in [1.29, 1.82) is 5.26 Å². The van der Waals surface area contributed by atoms with E-state index in [4.69, 9.17) is 14.7 Å². The van der Waals surface area contributed by atoms with Gasteiger partial charge in [-0.1, -0.05) is 0 Å². The Morgan fingerprint density at radius 2 is 1.71 bits per heavy atom. The minimum absolute atomic E-state index is 0.157. The van der Waals surface area contributed by atoms with Crippen LogP contribution in [0.4, 0.5) is 0 Å². The van der Waals surface area contributed by atoms with E-state index in [0.29, 0.717) is 33.6 Å². The Morgan fingerprint density at radius 1 is 1.11 bits per heavy atom. The molecule has 7 nitrogen and oxygen atoms in total. The number of aliphatic hydroxyl groups excluding tert-OH is 3. The lowest BCUT2D eigenvalue weighted by atomic mass is 9.94. The van der Waals surface area contributed by atoms with Crippen LogP contribution in [-0.2, 0) is 4.74 Å². The first kappa shape index (κ1) is 20.0. The summed E-state index contributed by atoms with van der Waals surface area (Å²) in [6.07, 6.45) is -5.06. The van der Waals surface area contributed by atoms with Crippen LogP contribution < -0.4 is 4.74 Å². The van der Waals surface area contributed by atoms with E-state index in [0.717, 1.165) is 0 Å². The minimum Gasteiger partial charge on any atom is -0.462 e. The summed E-state index contributed by atoms with van der Waals surface area (Å²) in [5, 5.41) is 38.2. The van der Waals surface area contributed by atoms with Gasteiger partial charge in [-0.3, -0.25) is 4.79 Å². The molecular formula is C21H21NO6. The van der Waals surface area contributed by atoms with E-state index in [-0.39, 0.29) is 12.4 Å². The van der Waals surface area contributed by atoms with E-state index in [1.54, 1.807) is 50.2 Å². The summed E-state index contributed by atoms with van der Waals surface area (Å²) in [5.74, 6) is 0.206. The van der Waals surface area contributed by atoms with Gasteiger partial charge in [0, 0.05) is 11.1 Å². The van der Waals surface area contributed by atoms with Crippen LogP contribution in [0.15, 0.2) is 36.4 Å². The number of rotatable bonds is 4. The Bertz CT molecular complexity index is 894. The molecule has 3 rings (SSSR count). The second kappa shape index (κ2) is 8.09. The number of hydrogen-bond acceptors (Lipinski definition) is 7. The molecule has 1 fully saturated rings. The summed E-state index contributed by atoms with van der Waals surface area (Å²) >= 11 is 0. The number of aliphatic hydroxyl groups is 3. The van der Waals surface area contributed by atoms with Gasteiger partial charge in [0.25, 0.3) is 0 Å². The first-order valence-corrected chi connectivity index (χ1v) is 8.80. The van der Waals surface area contributed by atoms with Gasteiger partial charge in [-0.25, -0.2) is 0 Å². The van der Waals surface area contributed by atoms with Crippen molar-refractivity contribution in [2.24, 2.45) is 0 Å². The molecule has 7 heteroatoms. The van der Waals surface area contributed by atoms with Gasteiger partial charge in [-0.2, -0.15) is 5.26 Å². The Balaban J connectivity index is 1.82. The predicted molar refractivity (Wildman–Crippen MR) is 98.9 cm³/mol. The van der Waals surface area contributed by atoms with Gasteiger partial charge in [0.05, 0.1) is 18.2 Å². The third kappa shape index (κ3) is 3.91. The standard InChI is InChI=1S/C21H21NO6/c1-11-7-15(28-21-20(26)19(25)16(23)10-27-21)8-12(2)17(11)18(24)14-5-3-13(9-22)4-6-14/h3-8,16,19-21,23,25-26H,10H2,1-2H3/t16-,19-,20+,21-/m1/s1. The molecule has 0 unspecified atom stereocenters. The third-order valence-corrected chi connectivity index (χ3v) is 4.72. The van der Waals surface area contributed by atoms with E-state index in [2.05, 4.69) is 0 Å². The topological polar surface area (TPSA) is 120 Å². The van der Waals surface area contributed by atoms with E-state index in [9.17, 15) is 20.1 Å². The molecule has 0 bridgehead atoms. The zero-order valence-electron chi connectivity index (χ0n) is 15.5. The van der Waals surface area contributed by atoms with Crippen molar-refractivity contribution in [1.82, 2.24) is 0 Å². The highest BCUT2D eigenvalue weighted by molar-refractivity contribution is 6.10. The van der Waals surface area contributed by atoms with Crippen LogP contribution in [0, 0.1) is 25.2 Å². The maximum absolute atomic E-state index is 12.9. The molecule has 0 spiro atoms.